The second-order valence-electron chi connectivity index (χ2n) is 3.73. The average Bonchev–Trinajstić information content (AvgIpc) is 2.23. The van der Waals surface area contributed by atoms with Crippen molar-refractivity contribution in [2.75, 3.05) is 5.32 Å². The van der Waals surface area contributed by atoms with Crippen LogP contribution in [-0.4, -0.2) is 11.2 Å². The smallest absolute Gasteiger partial charge is 0.224 e. The summed E-state index contributed by atoms with van der Waals surface area (Å²) in [7, 11) is 0. The summed E-state index contributed by atoms with van der Waals surface area (Å²) in [6, 6.07) is 8.03. The average molecular weight is 221 g/mol. The molecule has 80 valence electrons. The van der Waals surface area contributed by atoms with Gasteiger partial charge in [0.15, 0.2) is 0 Å². The maximum Gasteiger partial charge on any atom is 0.224 e. The summed E-state index contributed by atoms with van der Waals surface area (Å²) in [4.78, 5) is 12.7. The lowest BCUT2D eigenvalue weighted by Crippen LogP contribution is -2.17. The SMILES string of the molecule is CCC1CCC(=O)Nc2ccccc2S1. The molecule has 0 aromatic heterocycles. The molecule has 0 aliphatic carbocycles. The first-order valence-electron chi connectivity index (χ1n) is 5.35. The molecule has 1 heterocycles. The van der Waals surface area contributed by atoms with Crippen molar-refractivity contribution in [3.8, 4) is 0 Å². The highest BCUT2D eigenvalue weighted by Crippen LogP contribution is 2.35. The minimum atomic E-state index is 0.140. The van der Waals surface area contributed by atoms with E-state index in [-0.39, 0.29) is 5.91 Å². The maximum atomic E-state index is 11.5. The van der Waals surface area contributed by atoms with Gasteiger partial charge in [0.25, 0.3) is 0 Å². The van der Waals surface area contributed by atoms with Crippen LogP contribution in [0.25, 0.3) is 0 Å². The predicted molar refractivity (Wildman–Crippen MR) is 64.2 cm³/mol. The molecule has 0 saturated carbocycles. The molecule has 15 heavy (non-hydrogen) atoms. The largest absolute Gasteiger partial charge is 0.325 e. The molecule has 1 aromatic carbocycles. The molecular weight excluding hydrogens is 206 g/mol. The van der Waals surface area contributed by atoms with Crippen molar-refractivity contribution in [1.29, 1.82) is 0 Å². The third-order valence-corrected chi connectivity index (χ3v) is 4.12. The number of thioether (sulfide) groups is 1. The summed E-state index contributed by atoms with van der Waals surface area (Å²) >= 11 is 1.88. The molecule has 1 amide bonds. The molecule has 2 nitrogen and oxygen atoms in total. The molecule has 1 aliphatic rings. The Morgan fingerprint density at radius 2 is 2.27 bits per heavy atom. The van der Waals surface area contributed by atoms with Crippen LogP contribution in [0.1, 0.15) is 26.2 Å². The fourth-order valence-corrected chi connectivity index (χ4v) is 2.87. The van der Waals surface area contributed by atoms with E-state index in [1.54, 1.807) is 0 Å². The van der Waals surface area contributed by atoms with E-state index in [2.05, 4.69) is 18.3 Å². The Balaban J connectivity index is 2.29. The van der Waals surface area contributed by atoms with Crippen molar-refractivity contribution < 1.29 is 4.79 Å². The fraction of sp³-hybridized carbons (Fsp3) is 0.417. The lowest BCUT2D eigenvalue weighted by atomic mass is 10.2. The summed E-state index contributed by atoms with van der Waals surface area (Å²) in [5.74, 6) is 0.140. The quantitative estimate of drug-likeness (QED) is 0.788. The molecule has 0 radical (unpaired) electrons. The van der Waals surface area contributed by atoms with Crippen LogP contribution in [-0.2, 0) is 4.79 Å². The number of para-hydroxylation sites is 1. The third kappa shape index (κ3) is 2.53. The molecule has 0 saturated heterocycles. The van der Waals surface area contributed by atoms with Crippen LogP contribution >= 0.6 is 11.8 Å². The lowest BCUT2D eigenvalue weighted by molar-refractivity contribution is -0.116. The second kappa shape index (κ2) is 4.71. The van der Waals surface area contributed by atoms with Gasteiger partial charge in [0.2, 0.25) is 5.91 Å². The van der Waals surface area contributed by atoms with Crippen LogP contribution in [0.5, 0.6) is 0 Å². The van der Waals surface area contributed by atoms with Crippen molar-refractivity contribution in [2.45, 2.75) is 36.3 Å². The minimum absolute atomic E-state index is 0.140. The Hall–Kier alpha value is -0.960. The Morgan fingerprint density at radius 3 is 3.07 bits per heavy atom. The number of carbonyl (C=O) groups excluding carboxylic acids is 1. The van der Waals surface area contributed by atoms with Crippen LogP contribution in [0.15, 0.2) is 29.2 Å². The topological polar surface area (TPSA) is 29.1 Å². The first-order chi connectivity index (χ1) is 7.29. The van der Waals surface area contributed by atoms with Gasteiger partial charge >= 0.3 is 0 Å². The van der Waals surface area contributed by atoms with Crippen molar-refractivity contribution in [1.82, 2.24) is 0 Å². The highest BCUT2D eigenvalue weighted by molar-refractivity contribution is 8.00. The molecular formula is C12H15NOS. The summed E-state index contributed by atoms with van der Waals surface area (Å²) < 4.78 is 0. The fourth-order valence-electron chi connectivity index (χ4n) is 1.70. The van der Waals surface area contributed by atoms with E-state index in [9.17, 15) is 4.79 Å². The normalized spacial score (nSPS) is 21.1. The van der Waals surface area contributed by atoms with Crippen molar-refractivity contribution in [3.63, 3.8) is 0 Å². The second-order valence-corrected chi connectivity index (χ2v) is 5.07. The predicted octanol–water partition coefficient (Wildman–Crippen LogP) is 3.29. The van der Waals surface area contributed by atoms with Crippen LogP contribution in [0.3, 0.4) is 0 Å². The van der Waals surface area contributed by atoms with Gasteiger partial charge in [0, 0.05) is 16.6 Å². The zero-order chi connectivity index (χ0) is 10.7. The number of hydrogen-bond acceptors (Lipinski definition) is 2. The van der Waals surface area contributed by atoms with Crippen LogP contribution in [0, 0.1) is 0 Å². The molecule has 1 N–H and O–H groups in total. The van der Waals surface area contributed by atoms with Crippen molar-refractivity contribution in [3.05, 3.63) is 24.3 Å². The number of amides is 1. The number of hydrogen-bond donors (Lipinski definition) is 1. The minimum Gasteiger partial charge on any atom is -0.325 e. The van der Waals surface area contributed by atoms with Crippen LogP contribution in [0.4, 0.5) is 5.69 Å². The van der Waals surface area contributed by atoms with E-state index in [0.29, 0.717) is 11.7 Å². The number of benzene rings is 1. The van der Waals surface area contributed by atoms with Gasteiger partial charge in [0.1, 0.15) is 0 Å². The maximum absolute atomic E-state index is 11.5. The van der Waals surface area contributed by atoms with Gasteiger partial charge in [-0.25, -0.2) is 0 Å². The van der Waals surface area contributed by atoms with E-state index < -0.39 is 0 Å². The van der Waals surface area contributed by atoms with Gasteiger partial charge in [0.05, 0.1) is 5.69 Å². The van der Waals surface area contributed by atoms with E-state index in [1.807, 2.05) is 30.0 Å². The zero-order valence-electron chi connectivity index (χ0n) is 8.82. The highest BCUT2D eigenvalue weighted by atomic mass is 32.2. The summed E-state index contributed by atoms with van der Waals surface area (Å²) in [6.45, 7) is 2.18. The zero-order valence-corrected chi connectivity index (χ0v) is 9.64. The number of carbonyl (C=O) groups is 1. The van der Waals surface area contributed by atoms with Gasteiger partial charge in [-0.3, -0.25) is 4.79 Å². The molecule has 1 unspecified atom stereocenters. The molecule has 0 spiro atoms. The van der Waals surface area contributed by atoms with Crippen molar-refractivity contribution in [2.24, 2.45) is 0 Å². The Morgan fingerprint density at radius 1 is 1.47 bits per heavy atom. The van der Waals surface area contributed by atoms with E-state index >= 15 is 0 Å². The molecule has 2 rings (SSSR count). The van der Waals surface area contributed by atoms with Gasteiger partial charge in [-0.1, -0.05) is 19.1 Å². The standard InChI is InChI=1S/C12H15NOS/c1-2-9-7-8-12(14)13-10-5-3-4-6-11(10)15-9/h3-6,9H,2,7-8H2,1H3,(H,13,14). The highest BCUT2D eigenvalue weighted by Gasteiger charge is 2.17. The molecule has 1 aromatic rings. The summed E-state index contributed by atoms with van der Waals surface area (Å²) in [6.07, 6.45) is 2.73. The first kappa shape index (κ1) is 10.6. The summed E-state index contributed by atoms with van der Waals surface area (Å²) in [5.41, 5.74) is 0.964. The van der Waals surface area contributed by atoms with Gasteiger partial charge in [-0.05, 0) is 25.0 Å². The Kier molecular flexibility index (Phi) is 3.31. The number of fused-ring (bicyclic) bond motifs is 1. The molecule has 0 bridgehead atoms. The van der Waals surface area contributed by atoms with E-state index in [1.165, 1.54) is 4.90 Å². The van der Waals surface area contributed by atoms with E-state index in [0.717, 1.165) is 18.5 Å². The first-order valence-corrected chi connectivity index (χ1v) is 6.23. The van der Waals surface area contributed by atoms with Gasteiger partial charge < -0.3 is 5.32 Å². The van der Waals surface area contributed by atoms with Crippen LogP contribution in [0.2, 0.25) is 0 Å². The van der Waals surface area contributed by atoms with Gasteiger partial charge in [-0.2, -0.15) is 0 Å². The van der Waals surface area contributed by atoms with Crippen LogP contribution < -0.4 is 5.32 Å². The van der Waals surface area contributed by atoms with Crippen molar-refractivity contribution >= 4 is 23.4 Å². The molecule has 1 aliphatic heterocycles. The molecule has 1 atom stereocenters. The summed E-state index contributed by atoms with van der Waals surface area (Å²) in [5, 5.41) is 3.51. The van der Waals surface area contributed by atoms with Gasteiger partial charge in [-0.15, -0.1) is 11.8 Å². The number of anilines is 1. The third-order valence-electron chi connectivity index (χ3n) is 2.60. The molecule has 3 heteroatoms. The number of nitrogens with one attached hydrogen (secondary N) is 1. The molecule has 0 fully saturated rings. The number of rotatable bonds is 1. The lowest BCUT2D eigenvalue weighted by Gasteiger charge is -2.20. The monoisotopic (exact) mass is 221 g/mol. The Bertz CT molecular complexity index is 364. The Labute approximate surface area is 94.4 Å². The van der Waals surface area contributed by atoms with E-state index in [4.69, 9.17) is 0 Å².